The van der Waals surface area contributed by atoms with Crippen LogP contribution in [0.5, 0.6) is 0 Å². The predicted molar refractivity (Wildman–Crippen MR) is 107 cm³/mol. The van der Waals surface area contributed by atoms with Crippen molar-refractivity contribution in [2.75, 3.05) is 11.1 Å². The first-order chi connectivity index (χ1) is 12.7. The Balaban J connectivity index is 1.56. The minimum absolute atomic E-state index is 0.0432. The molecule has 4 rings (SSSR count). The van der Waals surface area contributed by atoms with Crippen LogP contribution in [0.25, 0.3) is 21.5 Å². The van der Waals surface area contributed by atoms with Gasteiger partial charge in [0.25, 0.3) is 0 Å². The van der Waals surface area contributed by atoms with Gasteiger partial charge in [-0.2, -0.15) is 0 Å². The Morgan fingerprint density at radius 1 is 1.08 bits per heavy atom. The number of nitrogen functional groups attached to an aromatic ring is 1. The molecule has 0 unspecified atom stereocenters. The molecule has 0 radical (unpaired) electrons. The van der Waals surface area contributed by atoms with Gasteiger partial charge >= 0.3 is 0 Å². The Kier molecular flexibility index (Phi) is 4.51. The number of pyridine rings is 2. The highest BCUT2D eigenvalue weighted by Gasteiger charge is 2.08. The van der Waals surface area contributed by atoms with Crippen LogP contribution in [-0.2, 0) is 13.2 Å². The molecule has 0 aliphatic heterocycles. The van der Waals surface area contributed by atoms with Crippen LogP contribution in [0.1, 0.15) is 10.4 Å². The second-order valence-electron chi connectivity index (χ2n) is 5.94. The lowest BCUT2D eigenvalue weighted by atomic mass is 10.1. The average Bonchev–Trinajstić information content (AvgIpc) is 3.16. The quantitative estimate of drug-likeness (QED) is 0.499. The minimum Gasteiger partial charge on any atom is -0.396 e. The fourth-order valence-corrected chi connectivity index (χ4v) is 3.61. The average molecular weight is 362 g/mol. The fourth-order valence-electron chi connectivity index (χ4n) is 2.77. The number of thiophene rings is 1. The summed E-state index contributed by atoms with van der Waals surface area (Å²) in [6.45, 7) is 0.666. The second-order valence-corrected chi connectivity index (χ2v) is 7.11. The van der Waals surface area contributed by atoms with Gasteiger partial charge in [-0.1, -0.05) is 12.1 Å². The van der Waals surface area contributed by atoms with Gasteiger partial charge < -0.3 is 16.2 Å². The lowest BCUT2D eigenvalue weighted by molar-refractivity contribution is 0.285. The zero-order valence-electron chi connectivity index (χ0n) is 14.0. The summed E-state index contributed by atoms with van der Waals surface area (Å²) >= 11 is 1.53. The van der Waals surface area contributed by atoms with E-state index in [2.05, 4.69) is 33.5 Å². The van der Waals surface area contributed by atoms with Crippen molar-refractivity contribution in [2.45, 2.75) is 13.2 Å². The van der Waals surface area contributed by atoms with Crippen LogP contribution in [0.3, 0.4) is 0 Å². The first kappa shape index (κ1) is 16.5. The van der Waals surface area contributed by atoms with Crippen molar-refractivity contribution in [2.24, 2.45) is 0 Å². The molecule has 0 saturated carbocycles. The molecule has 4 N–H and O–H groups in total. The Bertz CT molecular complexity index is 1060. The molecule has 3 aromatic heterocycles. The summed E-state index contributed by atoms with van der Waals surface area (Å²) < 4.78 is 0. The van der Waals surface area contributed by atoms with E-state index in [1.165, 1.54) is 11.3 Å². The van der Waals surface area contributed by atoms with E-state index in [0.717, 1.165) is 31.9 Å². The van der Waals surface area contributed by atoms with Crippen molar-refractivity contribution in [3.63, 3.8) is 0 Å². The van der Waals surface area contributed by atoms with Crippen LogP contribution >= 0.6 is 11.3 Å². The van der Waals surface area contributed by atoms with E-state index in [4.69, 9.17) is 5.73 Å². The molecule has 0 aliphatic rings. The van der Waals surface area contributed by atoms with Crippen LogP contribution in [0.15, 0.2) is 60.8 Å². The molecule has 0 saturated heterocycles. The number of benzene rings is 1. The third kappa shape index (κ3) is 3.37. The maximum atomic E-state index is 9.24. The lowest BCUT2D eigenvalue weighted by Gasteiger charge is -2.10. The lowest BCUT2D eigenvalue weighted by Crippen LogP contribution is -2.05. The van der Waals surface area contributed by atoms with Gasteiger partial charge in [-0.3, -0.25) is 4.98 Å². The van der Waals surface area contributed by atoms with Gasteiger partial charge in [0.15, 0.2) is 0 Å². The highest BCUT2D eigenvalue weighted by molar-refractivity contribution is 7.15. The number of anilines is 2. The van der Waals surface area contributed by atoms with E-state index >= 15 is 0 Å². The Morgan fingerprint density at radius 2 is 2.00 bits per heavy atom. The third-order valence-electron chi connectivity index (χ3n) is 4.12. The van der Waals surface area contributed by atoms with Crippen molar-refractivity contribution < 1.29 is 5.11 Å². The smallest absolute Gasteiger partial charge is 0.150 e. The molecule has 0 spiro atoms. The van der Waals surface area contributed by atoms with E-state index in [9.17, 15) is 5.11 Å². The summed E-state index contributed by atoms with van der Waals surface area (Å²) in [5.74, 6) is 0.660. The minimum atomic E-state index is 0.0432. The van der Waals surface area contributed by atoms with Gasteiger partial charge in [-0.25, -0.2) is 4.98 Å². The molecule has 4 aromatic rings. The van der Waals surface area contributed by atoms with Crippen molar-refractivity contribution >= 4 is 33.7 Å². The number of nitrogens with zero attached hydrogens (tertiary/aromatic N) is 2. The van der Waals surface area contributed by atoms with Gasteiger partial charge in [0, 0.05) is 23.0 Å². The van der Waals surface area contributed by atoms with E-state index in [1.54, 1.807) is 6.20 Å². The Hall–Kier alpha value is -2.96. The summed E-state index contributed by atoms with van der Waals surface area (Å²) in [4.78, 5) is 10.9. The van der Waals surface area contributed by atoms with E-state index in [1.807, 2.05) is 36.4 Å². The number of nitrogens with two attached hydrogens (primary N) is 1. The van der Waals surface area contributed by atoms with Crippen molar-refractivity contribution in [3.8, 4) is 10.6 Å². The van der Waals surface area contributed by atoms with E-state index < -0.39 is 0 Å². The van der Waals surface area contributed by atoms with Crippen LogP contribution in [-0.4, -0.2) is 15.1 Å². The van der Waals surface area contributed by atoms with Gasteiger partial charge in [0.1, 0.15) is 5.82 Å². The molecule has 26 heavy (non-hydrogen) atoms. The molecule has 1 aromatic carbocycles. The number of aromatic nitrogens is 2. The molecule has 3 heterocycles. The Morgan fingerprint density at radius 3 is 2.85 bits per heavy atom. The molecular weight excluding hydrogens is 344 g/mol. The topological polar surface area (TPSA) is 84.1 Å². The summed E-state index contributed by atoms with van der Waals surface area (Å²) in [5, 5.41) is 13.7. The molecule has 0 amide bonds. The molecule has 0 bridgehead atoms. The molecule has 0 fully saturated rings. The molecular formula is C20H18N4OS. The maximum absolute atomic E-state index is 9.24. The van der Waals surface area contributed by atoms with E-state index in [0.29, 0.717) is 18.1 Å². The van der Waals surface area contributed by atoms with Gasteiger partial charge in [0.05, 0.1) is 28.4 Å². The highest BCUT2D eigenvalue weighted by Crippen LogP contribution is 2.29. The van der Waals surface area contributed by atoms with E-state index in [-0.39, 0.29) is 6.61 Å². The number of hydrogen-bond acceptors (Lipinski definition) is 6. The summed E-state index contributed by atoms with van der Waals surface area (Å²) in [6, 6.07) is 17.8. The number of fused-ring (bicyclic) bond motifs is 1. The number of aliphatic hydroxyl groups is 1. The van der Waals surface area contributed by atoms with Gasteiger partial charge in [-0.05, 0) is 48.0 Å². The van der Waals surface area contributed by atoms with Gasteiger partial charge in [0.2, 0.25) is 0 Å². The second kappa shape index (κ2) is 7.11. The monoisotopic (exact) mass is 362 g/mol. The summed E-state index contributed by atoms with van der Waals surface area (Å²) in [6.07, 6.45) is 1.79. The molecule has 6 heteroatoms. The molecule has 130 valence electrons. The van der Waals surface area contributed by atoms with Crippen LogP contribution < -0.4 is 11.1 Å². The Labute approximate surface area is 155 Å². The largest absolute Gasteiger partial charge is 0.396 e. The van der Waals surface area contributed by atoms with Crippen molar-refractivity contribution in [3.05, 3.63) is 71.2 Å². The van der Waals surface area contributed by atoms with Crippen molar-refractivity contribution in [1.82, 2.24) is 9.97 Å². The predicted octanol–water partition coefficient (Wildman–Crippen LogP) is 4.04. The highest BCUT2D eigenvalue weighted by atomic mass is 32.1. The fraction of sp³-hybridized carbons (Fsp3) is 0.100. The number of rotatable bonds is 5. The summed E-state index contributed by atoms with van der Waals surface area (Å²) in [7, 11) is 0. The zero-order chi connectivity index (χ0) is 17.9. The SMILES string of the molecule is Nc1ccc(-c2ccc(CO)s2)nc1NCc1ccc2ncccc2c1. The standard InChI is InChI=1S/C20H18N4OS/c21-16-5-7-18(19-8-4-15(12-25)26-19)24-20(16)23-11-13-3-6-17-14(10-13)2-1-9-22-17/h1-10,25H,11-12,21H2,(H,23,24). The van der Waals surface area contributed by atoms with Crippen LogP contribution in [0, 0.1) is 0 Å². The molecule has 0 aliphatic carbocycles. The normalized spacial score (nSPS) is 11.0. The first-order valence-corrected chi connectivity index (χ1v) is 9.08. The van der Waals surface area contributed by atoms with Crippen LogP contribution in [0.4, 0.5) is 11.5 Å². The number of nitrogens with one attached hydrogen (secondary N) is 1. The zero-order valence-corrected chi connectivity index (χ0v) is 14.8. The first-order valence-electron chi connectivity index (χ1n) is 8.27. The summed E-state index contributed by atoms with van der Waals surface area (Å²) in [5.41, 5.74) is 9.65. The maximum Gasteiger partial charge on any atom is 0.150 e. The van der Waals surface area contributed by atoms with Crippen LogP contribution in [0.2, 0.25) is 0 Å². The third-order valence-corrected chi connectivity index (χ3v) is 5.22. The number of hydrogen-bond donors (Lipinski definition) is 3. The van der Waals surface area contributed by atoms with Crippen molar-refractivity contribution in [1.29, 1.82) is 0 Å². The molecule has 5 nitrogen and oxygen atoms in total. The number of aliphatic hydroxyl groups excluding tert-OH is 1. The molecule has 0 atom stereocenters. The van der Waals surface area contributed by atoms with Gasteiger partial charge in [-0.15, -0.1) is 11.3 Å².